The molecule has 0 saturated heterocycles. The largest absolute Gasteiger partial charge is 0.496 e. The van der Waals surface area contributed by atoms with Gasteiger partial charge in [0.2, 0.25) is 0 Å². The van der Waals surface area contributed by atoms with Gasteiger partial charge in [-0.3, -0.25) is 4.98 Å². The van der Waals surface area contributed by atoms with Gasteiger partial charge in [-0.15, -0.1) is 0 Å². The van der Waals surface area contributed by atoms with Crippen molar-refractivity contribution in [1.29, 1.82) is 0 Å². The van der Waals surface area contributed by atoms with Crippen molar-refractivity contribution in [3.63, 3.8) is 0 Å². The van der Waals surface area contributed by atoms with Crippen molar-refractivity contribution in [2.45, 2.75) is 19.4 Å². The standard InChI is InChI=1S/C9H13NO2/c1-9(2,11)7-6-10-5-4-8(7)12-3/h4-6,11H,1-3H3. The number of hydrogen-bond donors (Lipinski definition) is 1. The lowest BCUT2D eigenvalue weighted by atomic mass is 10.00. The van der Waals surface area contributed by atoms with E-state index in [1.165, 1.54) is 0 Å². The van der Waals surface area contributed by atoms with E-state index in [2.05, 4.69) is 4.98 Å². The molecule has 0 unspecified atom stereocenters. The Hall–Kier alpha value is -1.09. The summed E-state index contributed by atoms with van der Waals surface area (Å²) < 4.78 is 5.07. The molecule has 66 valence electrons. The number of hydrogen-bond acceptors (Lipinski definition) is 3. The van der Waals surface area contributed by atoms with Gasteiger partial charge in [-0.2, -0.15) is 0 Å². The Morgan fingerprint density at radius 3 is 2.58 bits per heavy atom. The number of aromatic nitrogens is 1. The van der Waals surface area contributed by atoms with Gasteiger partial charge in [-0.05, 0) is 19.9 Å². The lowest BCUT2D eigenvalue weighted by molar-refractivity contribution is 0.0752. The van der Waals surface area contributed by atoms with Crippen LogP contribution in [0.5, 0.6) is 5.75 Å². The molecule has 1 rings (SSSR count). The highest BCUT2D eigenvalue weighted by molar-refractivity contribution is 5.33. The van der Waals surface area contributed by atoms with E-state index in [1.807, 2.05) is 0 Å². The van der Waals surface area contributed by atoms with Crippen LogP contribution in [-0.4, -0.2) is 17.2 Å². The summed E-state index contributed by atoms with van der Waals surface area (Å²) in [4.78, 5) is 3.92. The average molecular weight is 167 g/mol. The number of methoxy groups -OCH3 is 1. The predicted octanol–water partition coefficient (Wildman–Crippen LogP) is 1.32. The zero-order valence-electron chi connectivity index (χ0n) is 7.53. The van der Waals surface area contributed by atoms with Gasteiger partial charge >= 0.3 is 0 Å². The van der Waals surface area contributed by atoms with E-state index in [4.69, 9.17) is 4.74 Å². The summed E-state index contributed by atoms with van der Waals surface area (Å²) in [5.74, 6) is 0.664. The molecule has 0 atom stereocenters. The smallest absolute Gasteiger partial charge is 0.128 e. The second-order valence-electron chi connectivity index (χ2n) is 3.13. The van der Waals surface area contributed by atoms with Crippen molar-refractivity contribution in [3.05, 3.63) is 24.0 Å². The zero-order valence-corrected chi connectivity index (χ0v) is 7.53. The summed E-state index contributed by atoms with van der Waals surface area (Å²) >= 11 is 0. The molecule has 3 heteroatoms. The highest BCUT2D eigenvalue weighted by Gasteiger charge is 2.20. The van der Waals surface area contributed by atoms with Gasteiger partial charge < -0.3 is 9.84 Å². The molecule has 1 N–H and O–H groups in total. The third-order valence-electron chi connectivity index (χ3n) is 1.66. The highest BCUT2D eigenvalue weighted by atomic mass is 16.5. The van der Waals surface area contributed by atoms with Gasteiger partial charge in [-0.1, -0.05) is 0 Å². The number of ether oxygens (including phenoxy) is 1. The molecule has 1 aromatic rings. The average Bonchev–Trinajstić information content (AvgIpc) is 2.03. The van der Waals surface area contributed by atoms with Crippen molar-refractivity contribution in [2.24, 2.45) is 0 Å². The first-order valence-corrected chi connectivity index (χ1v) is 3.76. The lowest BCUT2D eigenvalue weighted by Crippen LogP contribution is -2.16. The Morgan fingerprint density at radius 1 is 1.50 bits per heavy atom. The third-order valence-corrected chi connectivity index (χ3v) is 1.66. The van der Waals surface area contributed by atoms with Crippen LogP contribution < -0.4 is 4.74 Å². The Bertz CT molecular complexity index is 265. The molecule has 3 nitrogen and oxygen atoms in total. The molecular formula is C9H13NO2. The number of pyridine rings is 1. The number of rotatable bonds is 2. The van der Waals surface area contributed by atoms with E-state index in [1.54, 1.807) is 39.4 Å². The summed E-state index contributed by atoms with van der Waals surface area (Å²) in [7, 11) is 1.57. The first-order valence-electron chi connectivity index (χ1n) is 3.76. The molecule has 0 saturated carbocycles. The number of aliphatic hydroxyl groups is 1. The van der Waals surface area contributed by atoms with Crippen molar-refractivity contribution >= 4 is 0 Å². The minimum atomic E-state index is -0.903. The molecule has 0 aliphatic heterocycles. The van der Waals surface area contributed by atoms with Gasteiger partial charge in [0.25, 0.3) is 0 Å². The van der Waals surface area contributed by atoms with E-state index < -0.39 is 5.60 Å². The third kappa shape index (κ3) is 1.74. The normalized spacial score (nSPS) is 11.3. The Balaban J connectivity index is 3.14. The molecule has 0 fully saturated rings. The zero-order chi connectivity index (χ0) is 9.19. The molecular weight excluding hydrogens is 154 g/mol. The summed E-state index contributed by atoms with van der Waals surface area (Å²) in [6.07, 6.45) is 3.24. The summed E-state index contributed by atoms with van der Waals surface area (Å²) in [6, 6.07) is 1.73. The quantitative estimate of drug-likeness (QED) is 0.722. The van der Waals surface area contributed by atoms with Crippen LogP contribution in [0.1, 0.15) is 19.4 Å². The fourth-order valence-electron chi connectivity index (χ4n) is 1.02. The summed E-state index contributed by atoms with van der Waals surface area (Å²) in [5.41, 5.74) is -0.202. The second kappa shape index (κ2) is 3.11. The van der Waals surface area contributed by atoms with E-state index >= 15 is 0 Å². The van der Waals surface area contributed by atoms with Gasteiger partial charge in [0, 0.05) is 18.0 Å². The fourth-order valence-corrected chi connectivity index (χ4v) is 1.02. The molecule has 0 amide bonds. The number of nitrogens with zero attached hydrogens (tertiary/aromatic N) is 1. The van der Waals surface area contributed by atoms with Crippen LogP contribution in [0.15, 0.2) is 18.5 Å². The highest BCUT2D eigenvalue weighted by Crippen LogP contribution is 2.27. The first kappa shape index (κ1) is 9.00. The Kier molecular flexibility index (Phi) is 2.33. The van der Waals surface area contributed by atoms with Crippen LogP contribution in [0.2, 0.25) is 0 Å². The Morgan fingerprint density at radius 2 is 2.17 bits per heavy atom. The van der Waals surface area contributed by atoms with E-state index in [0.29, 0.717) is 11.3 Å². The van der Waals surface area contributed by atoms with Crippen molar-refractivity contribution in [2.75, 3.05) is 7.11 Å². The van der Waals surface area contributed by atoms with Crippen molar-refractivity contribution in [1.82, 2.24) is 4.98 Å². The van der Waals surface area contributed by atoms with Crippen LogP contribution >= 0.6 is 0 Å². The summed E-state index contributed by atoms with van der Waals surface area (Å²) in [5, 5.41) is 9.68. The minimum Gasteiger partial charge on any atom is -0.496 e. The van der Waals surface area contributed by atoms with Gasteiger partial charge in [0.1, 0.15) is 5.75 Å². The van der Waals surface area contributed by atoms with Gasteiger partial charge in [-0.25, -0.2) is 0 Å². The first-order chi connectivity index (χ1) is 5.55. The minimum absolute atomic E-state index is 0.664. The van der Waals surface area contributed by atoms with Gasteiger partial charge in [0.15, 0.2) is 0 Å². The molecule has 0 aliphatic carbocycles. The van der Waals surface area contributed by atoms with Gasteiger partial charge in [0.05, 0.1) is 12.7 Å². The van der Waals surface area contributed by atoms with Crippen LogP contribution in [0, 0.1) is 0 Å². The molecule has 1 aromatic heterocycles. The van der Waals surface area contributed by atoms with E-state index in [9.17, 15) is 5.11 Å². The monoisotopic (exact) mass is 167 g/mol. The van der Waals surface area contributed by atoms with E-state index in [0.717, 1.165) is 0 Å². The Labute approximate surface area is 72.0 Å². The molecule has 0 aromatic carbocycles. The molecule has 12 heavy (non-hydrogen) atoms. The van der Waals surface area contributed by atoms with Crippen LogP contribution in [0.3, 0.4) is 0 Å². The van der Waals surface area contributed by atoms with Crippen LogP contribution in [0.25, 0.3) is 0 Å². The van der Waals surface area contributed by atoms with Crippen molar-refractivity contribution in [3.8, 4) is 5.75 Å². The van der Waals surface area contributed by atoms with Crippen molar-refractivity contribution < 1.29 is 9.84 Å². The van der Waals surface area contributed by atoms with E-state index in [-0.39, 0.29) is 0 Å². The topological polar surface area (TPSA) is 42.4 Å². The summed E-state index contributed by atoms with van der Waals surface area (Å²) in [6.45, 7) is 3.40. The van der Waals surface area contributed by atoms with Crippen LogP contribution in [-0.2, 0) is 5.60 Å². The van der Waals surface area contributed by atoms with Crippen LogP contribution in [0.4, 0.5) is 0 Å². The SMILES string of the molecule is COc1ccncc1C(C)(C)O. The maximum atomic E-state index is 9.68. The predicted molar refractivity (Wildman–Crippen MR) is 46.0 cm³/mol. The lowest BCUT2D eigenvalue weighted by Gasteiger charge is -2.19. The molecule has 0 spiro atoms. The fraction of sp³-hybridized carbons (Fsp3) is 0.444. The maximum Gasteiger partial charge on any atom is 0.128 e. The maximum absolute atomic E-state index is 9.68. The molecule has 0 aliphatic rings. The molecule has 0 radical (unpaired) electrons. The second-order valence-corrected chi connectivity index (χ2v) is 3.13. The molecule has 0 bridgehead atoms. The molecule has 1 heterocycles.